The van der Waals surface area contributed by atoms with Crippen LogP contribution in [0.25, 0.3) is 0 Å². The first-order chi connectivity index (χ1) is 6.65. The fourth-order valence-electron chi connectivity index (χ4n) is 1.18. The molecule has 2 nitrogen and oxygen atoms in total. The maximum absolute atomic E-state index is 11.3. The molecule has 0 radical (unpaired) electrons. The Labute approximate surface area is 89.3 Å². The van der Waals surface area contributed by atoms with Crippen molar-refractivity contribution < 1.29 is 4.79 Å². The minimum Gasteiger partial charge on any atom is -0.326 e. The number of halogens is 1. The van der Waals surface area contributed by atoms with Crippen LogP contribution in [0.2, 0.25) is 5.02 Å². The largest absolute Gasteiger partial charge is 0.326 e. The Bertz CT molecular complexity index is 336. The van der Waals surface area contributed by atoms with Gasteiger partial charge in [0.25, 0.3) is 0 Å². The van der Waals surface area contributed by atoms with E-state index in [1.54, 1.807) is 0 Å². The molecule has 1 amide bonds. The first kappa shape index (κ1) is 11.1. The molecule has 0 aliphatic heterocycles. The average molecular weight is 212 g/mol. The average Bonchev–Trinajstić information content (AvgIpc) is 2.13. The van der Waals surface area contributed by atoms with Crippen molar-refractivity contribution in [2.75, 3.05) is 5.32 Å². The molecule has 0 saturated heterocycles. The van der Waals surface area contributed by atoms with E-state index in [4.69, 9.17) is 11.6 Å². The predicted molar refractivity (Wildman–Crippen MR) is 59.7 cm³/mol. The van der Waals surface area contributed by atoms with Crippen LogP contribution in [0, 0.1) is 6.92 Å². The minimum absolute atomic E-state index is 0.0397. The van der Waals surface area contributed by atoms with Crippen molar-refractivity contribution >= 4 is 23.2 Å². The Kier molecular flexibility index (Phi) is 3.96. The van der Waals surface area contributed by atoms with Gasteiger partial charge in [-0.2, -0.15) is 0 Å². The Morgan fingerprint density at radius 3 is 2.86 bits per heavy atom. The molecule has 14 heavy (non-hydrogen) atoms. The fraction of sp³-hybridized carbons (Fsp3) is 0.364. The van der Waals surface area contributed by atoms with Gasteiger partial charge in [0.1, 0.15) is 0 Å². The fourth-order valence-corrected chi connectivity index (χ4v) is 1.36. The second-order valence-corrected chi connectivity index (χ2v) is 3.62. The van der Waals surface area contributed by atoms with E-state index in [9.17, 15) is 4.79 Å². The van der Waals surface area contributed by atoms with Gasteiger partial charge in [0, 0.05) is 17.1 Å². The SMILES string of the molecule is CCCC(=O)Nc1cccc(Cl)c1C. The lowest BCUT2D eigenvalue weighted by Crippen LogP contribution is -2.11. The van der Waals surface area contributed by atoms with Gasteiger partial charge < -0.3 is 5.32 Å². The Morgan fingerprint density at radius 1 is 1.50 bits per heavy atom. The standard InChI is InChI=1S/C11H14ClNO/c1-3-5-11(14)13-10-7-4-6-9(12)8(10)2/h4,6-7H,3,5H2,1-2H3,(H,13,14). The van der Waals surface area contributed by atoms with E-state index in [0.717, 1.165) is 17.7 Å². The normalized spacial score (nSPS) is 9.93. The summed E-state index contributed by atoms with van der Waals surface area (Å²) in [6.45, 7) is 3.87. The first-order valence-corrected chi connectivity index (χ1v) is 5.08. The molecular weight excluding hydrogens is 198 g/mol. The minimum atomic E-state index is 0.0397. The van der Waals surface area contributed by atoms with E-state index in [0.29, 0.717) is 11.4 Å². The van der Waals surface area contributed by atoms with Crippen LogP contribution >= 0.6 is 11.6 Å². The van der Waals surface area contributed by atoms with Crippen LogP contribution in [-0.2, 0) is 4.79 Å². The highest BCUT2D eigenvalue weighted by atomic mass is 35.5. The third-order valence-electron chi connectivity index (χ3n) is 2.02. The van der Waals surface area contributed by atoms with Crippen molar-refractivity contribution in [1.29, 1.82) is 0 Å². The van der Waals surface area contributed by atoms with Crippen molar-refractivity contribution in [2.45, 2.75) is 26.7 Å². The van der Waals surface area contributed by atoms with E-state index in [2.05, 4.69) is 5.32 Å². The van der Waals surface area contributed by atoms with Crippen molar-refractivity contribution in [1.82, 2.24) is 0 Å². The van der Waals surface area contributed by atoms with Crippen LogP contribution in [0.5, 0.6) is 0 Å². The summed E-state index contributed by atoms with van der Waals surface area (Å²) in [7, 11) is 0. The van der Waals surface area contributed by atoms with Gasteiger partial charge in [-0.1, -0.05) is 24.6 Å². The molecule has 0 fully saturated rings. The molecule has 0 aliphatic carbocycles. The van der Waals surface area contributed by atoms with Crippen LogP contribution in [0.15, 0.2) is 18.2 Å². The van der Waals surface area contributed by atoms with Crippen LogP contribution in [0.1, 0.15) is 25.3 Å². The molecule has 76 valence electrons. The first-order valence-electron chi connectivity index (χ1n) is 4.70. The molecule has 1 rings (SSSR count). The summed E-state index contributed by atoms with van der Waals surface area (Å²) in [5, 5.41) is 3.51. The quantitative estimate of drug-likeness (QED) is 0.816. The van der Waals surface area contributed by atoms with Gasteiger partial charge in [-0.25, -0.2) is 0 Å². The highest BCUT2D eigenvalue weighted by molar-refractivity contribution is 6.31. The van der Waals surface area contributed by atoms with Gasteiger partial charge in [-0.15, -0.1) is 0 Å². The van der Waals surface area contributed by atoms with Crippen molar-refractivity contribution in [3.63, 3.8) is 0 Å². The van der Waals surface area contributed by atoms with Crippen LogP contribution in [0.3, 0.4) is 0 Å². The van der Waals surface area contributed by atoms with Gasteiger partial charge in [-0.05, 0) is 31.0 Å². The molecule has 1 aromatic carbocycles. The van der Waals surface area contributed by atoms with Crippen molar-refractivity contribution in [2.24, 2.45) is 0 Å². The summed E-state index contributed by atoms with van der Waals surface area (Å²) >= 11 is 5.92. The lowest BCUT2D eigenvalue weighted by atomic mass is 10.2. The third-order valence-corrected chi connectivity index (χ3v) is 2.43. The monoisotopic (exact) mass is 211 g/mol. The van der Waals surface area contributed by atoms with Crippen LogP contribution in [-0.4, -0.2) is 5.91 Å². The van der Waals surface area contributed by atoms with E-state index in [1.165, 1.54) is 0 Å². The summed E-state index contributed by atoms with van der Waals surface area (Å²) in [6, 6.07) is 5.50. The Morgan fingerprint density at radius 2 is 2.21 bits per heavy atom. The van der Waals surface area contributed by atoms with E-state index < -0.39 is 0 Å². The lowest BCUT2D eigenvalue weighted by Gasteiger charge is -2.08. The van der Waals surface area contributed by atoms with Gasteiger partial charge in [0.2, 0.25) is 5.91 Å². The van der Waals surface area contributed by atoms with Gasteiger partial charge in [-0.3, -0.25) is 4.79 Å². The topological polar surface area (TPSA) is 29.1 Å². The summed E-state index contributed by atoms with van der Waals surface area (Å²) in [5.41, 5.74) is 1.72. The molecule has 0 aromatic heterocycles. The second kappa shape index (κ2) is 5.01. The highest BCUT2D eigenvalue weighted by Gasteiger charge is 2.04. The molecule has 0 heterocycles. The maximum atomic E-state index is 11.3. The summed E-state index contributed by atoms with van der Waals surface area (Å²) in [5.74, 6) is 0.0397. The predicted octanol–water partition coefficient (Wildman–Crippen LogP) is 3.39. The zero-order valence-corrected chi connectivity index (χ0v) is 9.19. The van der Waals surface area contributed by atoms with E-state index >= 15 is 0 Å². The van der Waals surface area contributed by atoms with E-state index in [1.807, 2.05) is 32.0 Å². The zero-order chi connectivity index (χ0) is 10.6. The molecule has 1 N–H and O–H groups in total. The molecule has 0 spiro atoms. The number of rotatable bonds is 3. The number of carbonyl (C=O) groups is 1. The van der Waals surface area contributed by atoms with Crippen LogP contribution in [0.4, 0.5) is 5.69 Å². The number of amides is 1. The molecule has 0 atom stereocenters. The molecule has 3 heteroatoms. The number of hydrogen-bond acceptors (Lipinski definition) is 1. The number of carbonyl (C=O) groups excluding carboxylic acids is 1. The van der Waals surface area contributed by atoms with Gasteiger partial charge >= 0.3 is 0 Å². The maximum Gasteiger partial charge on any atom is 0.224 e. The molecular formula is C11H14ClNO. The van der Waals surface area contributed by atoms with E-state index in [-0.39, 0.29) is 5.91 Å². The molecule has 0 aliphatic rings. The molecule has 1 aromatic rings. The smallest absolute Gasteiger partial charge is 0.224 e. The molecule has 0 unspecified atom stereocenters. The Balaban J connectivity index is 2.76. The number of nitrogens with one attached hydrogen (secondary N) is 1. The van der Waals surface area contributed by atoms with Crippen molar-refractivity contribution in [3.8, 4) is 0 Å². The molecule has 0 bridgehead atoms. The molecule has 0 saturated carbocycles. The zero-order valence-electron chi connectivity index (χ0n) is 8.43. The summed E-state index contributed by atoms with van der Waals surface area (Å²) in [4.78, 5) is 11.3. The number of hydrogen-bond donors (Lipinski definition) is 1. The van der Waals surface area contributed by atoms with Gasteiger partial charge in [0.05, 0.1) is 0 Å². The summed E-state index contributed by atoms with van der Waals surface area (Å²) < 4.78 is 0. The third kappa shape index (κ3) is 2.74. The number of anilines is 1. The second-order valence-electron chi connectivity index (χ2n) is 3.21. The number of benzene rings is 1. The Hall–Kier alpha value is -1.02. The highest BCUT2D eigenvalue weighted by Crippen LogP contribution is 2.22. The van der Waals surface area contributed by atoms with Crippen molar-refractivity contribution in [3.05, 3.63) is 28.8 Å². The lowest BCUT2D eigenvalue weighted by molar-refractivity contribution is -0.116. The van der Waals surface area contributed by atoms with Gasteiger partial charge in [0.15, 0.2) is 0 Å². The summed E-state index contributed by atoms with van der Waals surface area (Å²) in [6.07, 6.45) is 1.40. The van der Waals surface area contributed by atoms with Crippen LogP contribution < -0.4 is 5.32 Å².